The summed E-state index contributed by atoms with van der Waals surface area (Å²) in [5, 5.41) is 17.2. The molecule has 0 aromatic heterocycles. The Hall–Kier alpha value is -3.63. The summed E-state index contributed by atoms with van der Waals surface area (Å²) in [5.41, 5.74) is 5.25. The minimum absolute atomic E-state index is 0.132. The molecule has 204 valence electrons. The molecule has 1 fully saturated rings. The smallest absolute Gasteiger partial charge is 0.408 e. The van der Waals surface area contributed by atoms with Crippen LogP contribution in [0.25, 0.3) is 0 Å². The zero-order chi connectivity index (χ0) is 27.6. The van der Waals surface area contributed by atoms with Crippen LogP contribution in [0.2, 0.25) is 0 Å². The number of nitrogens with one attached hydrogen (secondary N) is 3. The van der Waals surface area contributed by atoms with E-state index in [1.165, 1.54) is 0 Å². The van der Waals surface area contributed by atoms with Crippen molar-refractivity contribution >= 4 is 29.8 Å². The topological polar surface area (TPSA) is 177 Å². The van der Waals surface area contributed by atoms with Gasteiger partial charge in [0.15, 0.2) is 0 Å². The number of carbonyl (C=O) groups excluding carboxylic acids is 4. The predicted molar refractivity (Wildman–Crippen MR) is 135 cm³/mol. The molecule has 1 aromatic rings. The van der Waals surface area contributed by atoms with Crippen molar-refractivity contribution < 1.29 is 33.8 Å². The van der Waals surface area contributed by atoms with Crippen LogP contribution in [-0.2, 0) is 30.3 Å². The Kier molecular flexibility index (Phi) is 10.9. The number of hydrogen-bond donors (Lipinski definition) is 5. The number of aliphatic carboxylic acids is 1. The average molecular weight is 519 g/mol. The van der Waals surface area contributed by atoms with Crippen LogP contribution >= 0.6 is 0 Å². The van der Waals surface area contributed by atoms with Gasteiger partial charge in [0.05, 0.1) is 6.42 Å². The highest BCUT2D eigenvalue weighted by molar-refractivity contribution is 5.89. The lowest BCUT2D eigenvalue weighted by molar-refractivity contribution is -0.144. The van der Waals surface area contributed by atoms with Gasteiger partial charge in [-0.3, -0.25) is 14.4 Å². The largest absolute Gasteiger partial charge is 0.480 e. The number of rotatable bonds is 11. The monoisotopic (exact) mass is 518 g/mol. The van der Waals surface area contributed by atoms with Crippen molar-refractivity contribution in [2.45, 2.75) is 77.0 Å². The summed E-state index contributed by atoms with van der Waals surface area (Å²) >= 11 is 0. The van der Waals surface area contributed by atoms with Crippen LogP contribution in [0.3, 0.4) is 0 Å². The molecule has 0 bridgehead atoms. The van der Waals surface area contributed by atoms with Gasteiger partial charge < -0.3 is 31.5 Å². The lowest BCUT2D eigenvalue weighted by atomic mass is 9.81. The van der Waals surface area contributed by atoms with E-state index in [0.29, 0.717) is 38.6 Å². The Morgan fingerprint density at radius 1 is 1.00 bits per heavy atom. The number of benzene rings is 1. The number of amides is 4. The molecule has 11 heteroatoms. The maximum absolute atomic E-state index is 13.0. The van der Waals surface area contributed by atoms with E-state index in [1.54, 1.807) is 20.8 Å². The third-order valence-electron chi connectivity index (χ3n) is 6.09. The summed E-state index contributed by atoms with van der Waals surface area (Å²) < 4.78 is 5.32. The van der Waals surface area contributed by atoms with Crippen molar-refractivity contribution in [1.82, 2.24) is 16.0 Å². The second-order valence-electron chi connectivity index (χ2n) is 10.4. The molecule has 1 aliphatic carbocycles. The number of primary amides is 1. The Balaban J connectivity index is 1.88. The van der Waals surface area contributed by atoms with Gasteiger partial charge in [0.2, 0.25) is 17.7 Å². The van der Waals surface area contributed by atoms with E-state index in [9.17, 15) is 29.1 Å². The molecule has 0 aliphatic heterocycles. The van der Waals surface area contributed by atoms with Gasteiger partial charge in [0.1, 0.15) is 17.7 Å². The zero-order valence-corrected chi connectivity index (χ0v) is 21.6. The van der Waals surface area contributed by atoms with Crippen molar-refractivity contribution in [2.75, 3.05) is 6.54 Å². The Bertz CT molecular complexity index is 953. The van der Waals surface area contributed by atoms with E-state index in [0.717, 1.165) is 5.56 Å². The van der Waals surface area contributed by atoms with Gasteiger partial charge in [0, 0.05) is 18.9 Å². The van der Waals surface area contributed by atoms with Crippen molar-refractivity contribution in [3.05, 3.63) is 35.9 Å². The quantitative estimate of drug-likeness (QED) is 0.295. The highest BCUT2D eigenvalue weighted by Crippen LogP contribution is 2.28. The minimum atomic E-state index is -1.35. The predicted octanol–water partition coefficient (Wildman–Crippen LogP) is 1.49. The van der Waals surface area contributed by atoms with Gasteiger partial charge in [-0.05, 0) is 57.9 Å². The van der Waals surface area contributed by atoms with Crippen LogP contribution in [0.4, 0.5) is 4.79 Å². The van der Waals surface area contributed by atoms with E-state index < -0.39 is 48.0 Å². The molecule has 11 nitrogen and oxygen atoms in total. The lowest BCUT2D eigenvalue weighted by Crippen LogP contribution is -2.50. The number of hydrogen-bond acceptors (Lipinski definition) is 6. The summed E-state index contributed by atoms with van der Waals surface area (Å²) in [4.78, 5) is 60.1. The molecule has 2 unspecified atom stereocenters. The first-order valence-electron chi connectivity index (χ1n) is 12.5. The van der Waals surface area contributed by atoms with Crippen LogP contribution in [0.1, 0.15) is 58.4 Å². The molecule has 0 saturated heterocycles. The highest BCUT2D eigenvalue weighted by atomic mass is 16.6. The molecule has 4 amide bonds. The molecule has 0 spiro atoms. The van der Waals surface area contributed by atoms with Crippen LogP contribution in [0, 0.1) is 11.8 Å². The van der Waals surface area contributed by atoms with Gasteiger partial charge in [-0.2, -0.15) is 0 Å². The maximum atomic E-state index is 13.0. The van der Waals surface area contributed by atoms with Crippen molar-refractivity contribution in [2.24, 2.45) is 17.6 Å². The first kappa shape index (κ1) is 29.6. The van der Waals surface area contributed by atoms with Crippen LogP contribution in [0.15, 0.2) is 30.3 Å². The second kappa shape index (κ2) is 13.6. The number of ether oxygens (including phenoxy) is 1. The molecular formula is C26H38N4O7. The summed E-state index contributed by atoms with van der Waals surface area (Å²) in [5.74, 6) is -3.10. The van der Waals surface area contributed by atoms with Gasteiger partial charge in [-0.25, -0.2) is 9.59 Å². The minimum Gasteiger partial charge on any atom is -0.480 e. The van der Waals surface area contributed by atoms with Gasteiger partial charge >= 0.3 is 12.1 Å². The maximum Gasteiger partial charge on any atom is 0.408 e. The van der Waals surface area contributed by atoms with Crippen LogP contribution in [-0.4, -0.2) is 59.1 Å². The molecular weight excluding hydrogens is 480 g/mol. The summed E-state index contributed by atoms with van der Waals surface area (Å²) in [6.07, 6.45) is 1.53. The molecule has 1 aliphatic rings. The van der Waals surface area contributed by atoms with E-state index in [1.807, 2.05) is 30.3 Å². The van der Waals surface area contributed by atoms with Crippen molar-refractivity contribution in [3.63, 3.8) is 0 Å². The van der Waals surface area contributed by atoms with Gasteiger partial charge in [-0.1, -0.05) is 30.3 Å². The lowest BCUT2D eigenvalue weighted by Gasteiger charge is -2.29. The first-order valence-corrected chi connectivity index (χ1v) is 12.5. The summed E-state index contributed by atoms with van der Waals surface area (Å²) in [6.45, 7) is 5.62. The molecule has 37 heavy (non-hydrogen) atoms. The fraction of sp³-hybridized carbons (Fsp3) is 0.577. The van der Waals surface area contributed by atoms with E-state index in [4.69, 9.17) is 10.5 Å². The van der Waals surface area contributed by atoms with Crippen LogP contribution in [0.5, 0.6) is 0 Å². The molecule has 0 heterocycles. The Labute approximate surface area is 216 Å². The molecule has 1 saturated carbocycles. The third-order valence-corrected chi connectivity index (χ3v) is 6.09. The third kappa shape index (κ3) is 10.9. The highest BCUT2D eigenvalue weighted by Gasteiger charge is 2.31. The Morgan fingerprint density at radius 2 is 1.62 bits per heavy atom. The number of nitrogens with two attached hydrogens (primary N) is 1. The fourth-order valence-corrected chi connectivity index (χ4v) is 4.20. The van der Waals surface area contributed by atoms with Crippen molar-refractivity contribution in [3.8, 4) is 0 Å². The van der Waals surface area contributed by atoms with E-state index in [2.05, 4.69) is 16.0 Å². The summed E-state index contributed by atoms with van der Waals surface area (Å²) in [7, 11) is 0. The zero-order valence-electron chi connectivity index (χ0n) is 21.6. The standard InChI is InChI=1S/C26H38N4O7/c1-26(2,3)37-25(36)30-19(13-16-7-5-4-6-8-16)23(33)28-15-17-9-11-18(12-10-17)22(32)29-20(24(34)35)14-21(27)31/h4-8,17-20H,9-15H2,1-3H3,(H2,27,31)(H,28,33)(H,29,32)(H,30,36)(H,34,35). The number of carboxylic acids is 1. The number of carbonyl (C=O) groups is 5. The van der Waals surface area contributed by atoms with Gasteiger partial charge in [-0.15, -0.1) is 0 Å². The van der Waals surface area contributed by atoms with E-state index in [-0.39, 0.29) is 17.7 Å². The number of alkyl carbamates (subject to hydrolysis) is 1. The molecule has 1 aromatic carbocycles. The Morgan fingerprint density at radius 3 is 2.16 bits per heavy atom. The SMILES string of the molecule is CC(C)(C)OC(=O)NC(Cc1ccccc1)C(=O)NCC1CCC(C(=O)NC(CC(N)=O)C(=O)O)CC1. The molecule has 6 N–H and O–H groups in total. The number of carboxylic acid groups (broad SMARTS) is 1. The average Bonchev–Trinajstić information content (AvgIpc) is 2.81. The van der Waals surface area contributed by atoms with Gasteiger partial charge in [0.25, 0.3) is 0 Å². The molecule has 2 atom stereocenters. The van der Waals surface area contributed by atoms with Crippen molar-refractivity contribution in [1.29, 1.82) is 0 Å². The summed E-state index contributed by atoms with van der Waals surface area (Å²) in [6, 6.07) is 7.18. The molecule has 0 radical (unpaired) electrons. The van der Waals surface area contributed by atoms with E-state index >= 15 is 0 Å². The first-order chi connectivity index (χ1) is 17.3. The molecule has 2 rings (SSSR count). The second-order valence-corrected chi connectivity index (χ2v) is 10.4. The normalized spacial score (nSPS) is 19.1. The fourth-order valence-electron chi connectivity index (χ4n) is 4.20. The van der Waals surface area contributed by atoms with Crippen LogP contribution < -0.4 is 21.7 Å².